The Kier molecular flexibility index (Phi) is 4.10. The van der Waals surface area contributed by atoms with Crippen molar-refractivity contribution < 1.29 is 9.53 Å². The van der Waals surface area contributed by atoms with Gasteiger partial charge in [-0.2, -0.15) is 5.26 Å². The van der Waals surface area contributed by atoms with Crippen LogP contribution in [0.5, 0.6) is 5.88 Å². The number of ether oxygens (including phenoxy) is 1. The zero-order valence-electron chi connectivity index (χ0n) is 12.0. The van der Waals surface area contributed by atoms with Gasteiger partial charge in [0.15, 0.2) is 11.7 Å². The fourth-order valence-electron chi connectivity index (χ4n) is 2.26. The van der Waals surface area contributed by atoms with Crippen LogP contribution in [0.4, 0.5) is 0 Å². The van der Waals surface area contributed by atoms with E-state index in [0.717, 1.165) is 12.8 Å². The molecular weight excluding hydrogens is 278 g/mol. The molecule has 0 N–H and O–H groups in total. The molecule has 2 heterocycles. The van der Waals surface area contributed by atoms with Crippen LogP contribution >= 0.6 is 0 Å². The molecule has 1 saturated carbocycles. The highest BCUT2D eigenvalue weighted by Crippen LogP contribution is 2.25. The lowest BCUT2D eigenvalue weighted by Crippen LogP contribution is -2.25. The molecule has 22 heavy (non-hydrogen) atoms. The highest BCUT2D eigenvalue weighted by atomic mass is 16.5. The molecule has 0 aromatic carbocycles. The lowest BCUT2D eigenvalue weighted by molar-refractivity contribution is 0.0972. The third kappa shape index (κ3) is 2.96. The first-order valence-corrected chi connectivity index (χ1v) is 7.25. The summed E-state index contributed by atoms with van der Waals surface area (Å²) >= 11 is 0. The fraction of sp³-hybridized carbons (Fsp3) is 0.294. The minimum Gasteiger partial charge on any atom is -0.474 e. The number of ketones is 1. The van der Waals surface area contributed by atoms with Crippen LogP contribution in [0, 0.1) is 11.3 Å². The van der Waals surface area contributed by atoms with Gasteiger partial charge in [-0.1, -0.05) is 6.07 Å². The molecule has 0 spiro atoms. The average molecular weight is 293 g/mol. The summed E-state index contributed by atoms with van der Waals surface area (Å²) in [6.07, 6.45) is 6.52. The van der Waals surface area contributed by atoms with Gasteiger partial charge in [0.2, 0.25) is 5.88 Å². The zero-order valence-corrected chi connectivity index (χ0v) is 12.0. The number of Topliss-reactive ketones (excluding diaryl/α,β-unsaturated/α-hetero) is 1. The Morgan fingerprint density at radius 2 is 2.14 bits per heavy atom. The van der Waals surface area contributed by atoms with Gasteiger partial charge in [-0.15, -0.1) is 0 Å². The SMILES string of the molecule is N#C[C@@H](C(=O)c1ccnc(OC2CCC2)c1)c1ccccn1. The summed E-state index contributed by atoms with van der Waals surface area (Å²) in [5.74, 6) is -0.768. The van der Waals surface area contributed by atoms with Gasteiger partial charge < -0.3 is 4.74 Å². The Bertz CT molecular complexity index is 705. The minimum atomic E-state index is -0.917. The van der Waals surface area contributed by atoms with E-state index in [1.165, 1.54) is 12.6 Å². The van der Waals surface area contributed by atoms with E-state index < -0.39 is 5.92 Å². The molecule has 5 nitrogen and oxygen atoms in total. The van der Waals surface area contributed by atoms with Gasteiger partial charge in [-0.25, -0.2) is 4.98 Å². The summed E-state index contributed by atoms with van der Waals surface area (Å²) < 4.78 is 5.70. The van der Waals surface area contributed by atoms with E-state index >= 15 is 0 Å². The summed E-state index contributed by atoms with van der Waals surface area (Å²) in [6, 6.07) is 10.4. The van der Waals surface area contributed by atoms with E-state index in [4.69, 9.17) is 4.74 Å². The van der Waals surface area contributed by atoms with Gasteiger partial charge in [0.25, 0.3) is 0 Å². The molecule has 2 aromatic heterocycles. The van der Waals surface area contributed by atoms with Crippen molar-refractivity contribution in [1.29, 1.82) is 5.26 Å². The van der Waals surface area contributed by atoms with E-state index in [1.54, 1.807) is 36.5 Å². The van der Waals surface area contributed by atoms with E-state index in [9.17, 15) is 10.1 Å². The van der Waals surface area contributed by atoms with Gasteiger partial charge in [0, 0.05) is 24.0 Å². The number of nitriles is 1. The second kappa shape index (κ2) is 6.35. The van der Waals surface area contributed by atoms with Gasteiger partial charge in [-0.05, 0) is 37.5 Å². The minimum absolute atomic E-state index is 0.195. The van der Waals surface area contributed by atoms with E-state index in [2.05, 4.69) is 9.97 Å². The first-order chi connectivity index (χ1) is 10.8. The summed E-state index contributed by atoms with van der Waals surface area (Å²) in [6.45, 7) is 0. The first-order valence-electron chi connectivity index (χ1n) is 7.25. The molecule has 110 valence electrons. The van der Waals surface area contributed by atoms with Crippen LogP contribution in [0.3, 0.4) is 0 Å². The standard InChI is InChI=1S/C17H15N3O2/c18-11-14(15-6-1-2-8-19-15)17(21)12-7-9-20-16(10-12)22-13-4-3-5-13/h1-2,6-10,13-14H,3-5H2/t14-/m1/s1. The molecule has 0 aliphatic heterocycles. The fourth-order valence-corrected chi connectivity index (χ4v) is 2.26. The van der Waals surface area contributed by atoms with Gasteiger partial charge in [0.05, 0.1) is 11.8 Å². The number of pyridine rings is 2. The lowest BCUT2D eigenvalue weighted by Gasteiger charge is -2.25. The predicted octanol–water partition coefficient (Wildman–Crippen LogP) is 2.90. The van der Waals surface area contributed by atoms with E-state index in [0.29, 0.717) is 17.1 Å². The van der Waals surface area contributed by atoms with Crippen LogP contribution < -0.4 is 4.74 Å². The largest absolute Gasteiger partial charge is 0.474 e. The molecular formula is C17H15N3O2. The normalized spacial score (nSPS) is 15.4. The molecule has 2 aromatic rings. The van der Waals surface area contributed by atoms with Crippen LogP contribution in [-0.4, -0.2) is 21.9 Å². The number of rotatable bonds is 5. The Labute approximate surface area is 128 Å². The number of carbonyl (C=O) groups is 1. The summed E-state index contributed by atoms with van der Waals surface area (Å²) in [7, 11) is 0. The van der Waals surface area contributed by atoms with Crippen molar-refractivity contribution in [3.63, 3.8) is 0 Å². The first kappa shape index (κ1) is 14.2. The molecule has 1 fully saturated rings. The predicted molar refractivity (Wildman–Crippen MR) is 79.4 cm³/mol. The number of hydrogen-bond donors (Lipinski definition) is 0. The number of aromatic nitrogens is 2. The van der Waals surface area contributed by atoms with Crippen molar-refractivity contribution in [3.05, 3.63) is 54.0 Å². The van der Waals surface area contributed by atoms with Crippen molar-refractivity contribution in [1.82, 2.24) is 9.97 Å². The Balaban J connectivity index is 1.81. The van der Waals surface area contributed by atoms with Crippen LogP contribution in [0.1, 0.15) is 41.2 Å². The number of carbonyl (C=O) groups excluding carboxylic acids is 1. The molecule has 5 heteroatoms. The van der Waals surface area contributed by atoms with Crippen LogP contribution in [-0.2, 0) is 0 Å². The Morgan fingerprint density at radius 3 is 2.77 bits per heavy atom. The maximum absolute atomic E-state index is 12.6. The molecule has 0 bridgehead atoms. The zero-order chi connectivity index (χ0) is 15.4. The second-order valence-electron chi connectivity index (χ2n) is 5.23. The third-order valence-electron chi connectivity index (χ3n) is 3.73. The van der Waals surface area contributed by atoms with E-state index in [1.807, 2.05) is 6.07 Å². The topological polar surface area (TPSA) is 75.9 Å². The second-order valence-corrected chi connectivity index (χ2v) is 5.23. The monoisotopic (exact) mass is 293 g/mol. The van der Waals surface area contributed by atoms with Crippen molar-refractivity contribution in [2.75, 3.05) is 0 Å². The van der Waals surface area contributed by atoms with E-state index in [-0.39, 0.29) is 11.9 Å². The van der Waals surface area contributed by atoms with Crippen LogP contribution in [0.25, 0.3) is 0 Å². The van der Waals surface area contributed by atoms with Gasteiger partial charge in [0.1, 0.15) is 6.10 Å². The van der Waals surface area contributed by atoms with Crippen LogP contribution in [0.15, 0.2) is 42.7 Å². The lowest BCUT2D eigenvalue weighted by atomic mass is 9.95. The number of hydrogen-bond acceptors (Lipinski definition) is 5. The molecule has 3 rings (SSSR count). The van der Waals surface area contributed by atoms with Crippen molar-refractivity contribution in [2.24, 2.45) is 0 Å². The molecule has 1 atom stereocenters. The average Bonchev–Trinajstić information content (AvgIpc) is 2.53. The van der Waals surface area contributed by atoms with Gasteiger partial charge in [-0.3, -0.25) is 9.78 Å². The molecule has 0 unspecified atom stereocenters. The van der Waals surface area contributed by atoms with Crippen molar-refractivity contribution in [2.45, 2.75) is 31.3 Å². The third-order valence-corrected chi connectivity index (χ3v) is 3.73. The molecule has 0 radical (unpaired) electrons. The Morgan fingerprint density at radius 1 is 1.27 bits per heavy atom. The Hall–Kier alpha value is -2.74. The van der Waals surface area contributed by atoms with Crippen molar-refractivity contribution in [3.8, 4) is 11.9 Å². The maximum Gasteiger partial charge on any atom is 0.214 e. The highest BCUT2D eigenvalue weighted by molar-refractivity contribution is 6.02. The highest BCUT2D eigenvalue weighted by Gasteiger charge is 2.24. The maximum atomic E-state index is 12.6. The summed E-state index contributed by atoms with van der Waals surface area (Å²) in [4.78, 5) is 20.8. The smallest absolute Gasteiger partial charge is 0.214 e. The summed E-state index contributed by atoms with van der Waals surface area (Å²) in [5.41, 5.74) is 0.870. The summed E-state index contributed by atoms with van der Waals surface area (Å²) in [5, 5.41) is 9.32. The van der Waals surface area contributed by atoms with Gasteiger partial charge >= 0.3 is 0 Å². The molecule has 0 saturated heterocycles. The quantitative estimate of drug-likeness (QED) is 0.792. The molecule has 1 aliphatic carbocycles. The van der Waals surface area contributed by atoms with Crippen LogP contribution in [0.2, 0.25) is 0 Å². The molecule has 0 amide bonds. The van der Waals surface area contributed by atoms with Crippen molar-refractivity contribution >= 4 is 5.78 Å². The number of nitrogens with zero attached hydrogens (tertiary/aromatic N) is 3. The molecule has 1 aliphatic rings.